The van der Waals surface area contributed by atoms with Gasteiger partial charge in [-0.15, -0.1) is 0 Å². The van der Waals surface area contributed by atoms with Gasteiger partial charge in [0.25, 0.3) is 0 Å². The third-order valence-corrected chi connectivity index (χ3v) is 6.64. The molecule has 0 radical (unpaired) electrons. The van der Waals surface area contributed by atoms with E-state index < -0.39 is 11.7 Å². The van der Waals surface area contributed by atoms with E-state index in [2.05, 4.69) is 12.2 Å². The zero-order valence-electron chi connectivity index (χ0n) is 11.4. The van der Waals surface area contributed by atoms with E-state index in [0.717, 1.165) is 17.6 Å². The fourth-order valence-corrected chi connectivity index (χ4v) is 5.43. The summed E-state index contributed by atoms with van der Waals surface area (Å²) in [5.74, 6) is 2.16. The van der Waals surface area contributed by atoms with Crippen LogP contribution in [0.2, 0.25) is 0 Å². The highest BCUT2D eigenvalue weighted by Crippen LogP contribution is 2.39. The summed E-state index contributed by atoms with van der Waals surface area (Å²) in [6.07, 6.45) is -4.28. The van der Waals surface area contributed by atoms with Crippen molar-refractivity contribution in [3.8, 4) is 0 Å². The van der Waals surface area contributed by atoms with Crippen LogP contribution in [0.3, 0.4) is 0 Å². The molecule has 0 amide bonds. The fourth-order valence-electron chi connectivity index (χ4n) is 2.44. The van der Waals surface area contributed by atoms with Crippen molar-refractivity contribution < 1.29 is 13.2 Å². The molecule has 3 atom stereocenters. The van der Waals surface area contributed by atoms with Crippen LogP contribution in [0.1, 0.15) is 24.1 Å². The second kappa shape index (κ2) is 6.62. The molecule has 0 saturated carbocycles. The largest absolute Gasteiger partial charge is 0.416 e. The van der Waals surface area contributed by atoms with Gasteiger partial charge in [0.05, 0.1) is 5.56 Å². The lowest BCUT2D eigenvalue weighted by Crippen LogP contribution is -2.36. The van der Waals surface area contributed by atoms with E-state index in [1.807, 2.05) is 30.6 Å². The molecule has 1 fully saturated rings. The minimum Gasteiger partial charge on any atom is -0.312 e. The number of thioether (sulfide) groups is 2. The summed E-state index contributed by atoms with van der Waals surface area (Å²) in [6, 6.07) is 5.62. The Morgan fingerprint density at radius 2 is 1.95 bits per heavy atom. The number of hydrogen-bond donors (Lipinski definition) is 1. The quantitative estimate of drug-likeness (QED) is 0.896. The van der Waals surface area contributed by atoms with Crippen molar-refractivity contribution in [2.75, 3.05) is 18.6 Å². The molecule has 1 aliphatic rings. The van der Waals surface area contributed by atoms with Gasteiger partial charge in [0.15, 0.2) is 0 Å². The third kappa shape index (κ3) is 3.65. The van der Waals surface area contributed by atoms with Gasteiger partial charge in [-0.2, -0.15) is 36.7 Å². The molecule has 1 aromatic carbocycles. The van der Waals surface area contributed by atoms with E-state index in [0.29, 0.717) is 16.1 Å². The van der Waals surface area contributed by atoms with Crippen LogP contribution in [0.5, 0.6) is 0 Å². The molecular weight excluding hydrogens is 303 g/mol. The lowest BCUT2D eigenvalue weighted by atomic mass is 9.99. The Labute approximate surface area is 126 Å². The summed E-state index contributed by atoms with van der Waals surface area (Å²) in [7, 11) is 1.82. The highest BCUT2D eigenvalue weighted by molar-refractivity contribution is 8.07. The van der Waals surface area contributed by atoms with Crippen molar-refractivity contribution in [1.29, 1.82) is 0 Å². The summed E-state index contributed by atoms with van der Waals surface area (Å²) >= 11 is 3.74. The third-order valence-electron chi connectivity index (χ3n) is 3.45. The Morgan fingerprint density at radius 3 is 2.55 bits per heavy atom. The van der Waals surface area contributed by atoms with Crippen LogP contribution in [0, 0.1) is 0 Å². The molecule has 0 spiro atoms. The summed E-state index contributed by atoms with van der Waals surface area (Å²) < 4.78 is 38.5. The van der Waals surface area contributed by atoms with Crippen molar-refractivity contribution >= 4 is 23.5 Å². The topological polar surface area (TPSA) is 12.0 Å². The molecule has 1 nitrogen and oxygen atoms in total. The summed E-state index contributed by atoms with van der Waals surface area (Å²) in [5, 5.41) is 3.92. The number of hydrogen-bond acceptors (Lipinski definition) is 3. The van der Waals surface area contributed by atoms with E-state index in [-0.39, 0.29) is 6.04 Å². The molecule has 2 rings (SSSR count). The van der Waals surface area contributed by atoms with E-state index >= 15 is 0 Å². The van der Waals surface area contributed by atoms with Gasteiger partial charge in [-0.1, -0.05) is 19.1 Å². The van der Waals surface area contributed by atoms with Gasteiger partial charge in [-0.3, -0.25) is 0 Å². The minimum absolute atomic E-state index is 0.0508. The molecule has 1 aliphatic heterocycles. The second-order valence-corrected chi connectivity index (χ2v) is 7.57. The standard InChI is InChI=1S/C14H18F3NS2/c1-9-13(20-7-6-19-9)12(18-2)10-4-3-5-11(8-10)14(15,16)17/h3-5,8-9,12-13,18H,6-7H2,1-2H3. The second-order valence-electron chi connectivity index (χ2n) is 4.80. The number of nitrogens with one attached hydrogen (secondary N) is 1. The molecule has 1 saturated heterocycles. The molecule has 1 N–H and O–H groups in total. The molecular formula is C14H18F3NS2. The van der Waals surface area contributed by atoms with Crippen LogP contribution in [0.25, 0.3) is 0 Å². The SMILES string of the molecule is CNC(c1cccc(C(F)(F)F)c1)C1SCCSC1C. The normalized spacial score (nSPS) is 25.4. The lowest BCUT2D eigenvalue weighted by molar-refractivity contribution is -0.137. The Hall–Kier alpha value is -0.330. The lowest BCUT2D eigenvalue weighted by Gasteiger charge is -2.34. The van der Waals surface area contributed by atoms with Gasteiger partial charge in [0.1, 0.15) is 0 Å². The molecule has 6 heteroatoms. The van der Waals surface area contributed by atoms with E-state index in [9.17, 15) is 13.2 Å². The smallest absolute Gasteiger partial charge is 0.312 e. The van der Waals surface area contributed by atoms with Crippen molar-refractivity contribution in [3.63, 3.8) is 0 Å². The Kier molecular flexibility index (Phi) is 5.31. The van der Waals surface area contributed by atoms with Gasteiger partial charge < -0.3 is 5.32 Å². The van der Waals surface area contributed by atoms with Crippen LogP contribution >= 0.6 is 23.5 Å². The minimum atomic E-state index is -4.28. The number of rotatable bonds is 3. The predicted octanol–water partition coefficient (Wildman–Crippen LogP) is 4.20. The van der Waals surface area contributed by atoms with E-state index in [4.69, 9.17) is 0 Å². The summed E-state index contributed by atoms with van der Waals surface area (Å²) in [5.41, 5.74) is 0.144. The Balaban J connectivity index is 2.27. The molecule has 1 aromatic rings. The van der Waals surface area contributed by atoms with Crippen molar-refractivity contribution in [2.24, 2.45) is 0 Å². The molecule has 0 bridgehead atoms. The summed E-state index contributed by atoms with van der Waals surface area (Å²) in [6.45, 7) is 2.15. The molecule has 3 unspecified atom stereocenters. The predicted molar refractivity (Wildman–Crippen MR) is 81.4 cm³/mol. The first kappa shape index (κ1) is 16.0. The van der Waals surface area contributed by atoms with Crippen LogP contribution in [0.15, 0.2) is 24.3 Å². The van der Waals surface area contributed by atoms with Gasteiger partial charge in [-0.05, 0) is 24.7 Å². The first-order valence-corrected chi connectivity index (χ1v) is 8.61. The number of halogens is 3. The molecule has 0 aliphatic carbocycles. The number of benzene rings is 1. The van der Waals surface area contributed by atoms with Crippen LogP contribution in [0.4, 0.5) is 13.2 Å². The monoisotopic (exact) mass is 321 g/mol. The van der Waals surface area contributed by atoms with E-state index in [1.54, 1.807) is 6.07 Å². The Morgan fingerprint density at radius 1 is 1.25 bits per heavy atom. The van der Waals surface area contributed by atoms with Gasteiger partial charge in [0, 0.05) is 28.0 Å². The maximum absolute atomic E-state index is 12.8. The molecule has 0 aromatic heterocycles. The van der Waals surface area contributed by atoms with Crippen molar-refractivity contribution in [1.82, 2.24) is 5.32 Å². The Bertz CT molecular complexity index is 450. The molecule has 1 heterocycles. The fraction of sp³-hybridized carbons (Fsp3) is 0.571. The van der Waals surface area contributed by atoms with Gasteiger partial charge in [0.2, 0.25) is 0 Å². The van der Waals surface area contributed by atoms with Crippen LogP contribution < -0.4 is 5.32 Å². The highest BCUT2D eigenvalue weighted by Gasteiger charge is 2.34. The molecule has 20 heavy (non-hydrogen) atoms. The van der Waals surface area contributed by atoms with Gasteiger partial charge in [-0.25, -0.2) is 0 Å². The van der Waals surface area contributed by atoms with Crippen molar-refractivity contribution in [2.45, 2.75) is 29.6 Å². The van der Waals surface area contributed by atoms with Crippen LogP contribution in [-0.4, -0.2) is 29.1 Å². The van der Waals surface area contributed by atoms with Crippen LogP contribution in [-0.2, 0) is 6.18 Å². The first-order valence-electron chi connectivity index (χ1n) is 6.51. The van der Waals surface area contributed by atoms with Gasteiger partial charge >= 0.3 is 6.18 Å². The number of alkyl halides is 3. The zero-order chi connectivity index (χ0) is 14.8. The summed E-state index contributed by atoms with van der Waals surface area (Å²) in [4.78, 5) is 0. The van der Waals surface area contributed by atoms with E-state index in [1.165, 1.54) is 12.1 Å². The molecule has 112 valence electrons. The van der Waals surface area contributed by atoms with Crippen molar-refractivity contribution in [3.05, 3.63) is 35.4 Å². The average molecular weight is 321 g/mol. The maximum atomic E-state index is 12.8. The zero-order valence-corrected chi connectivity index (χ0v) is 13.0. The highest BCUT2D eigenvalue weighted by atomic mass is 32.2. The first-order chi connectivity index (χ1) is 9.43. The maximum Gasteiger partial charge on any atom is 0.416 e. The average Bonchev–Trinajstić information content (AvgIpc) is 2.41.